The van der Waals surface area contributed by atoms with E-state index in [1.165, 1.54) is 5.69 Å². The van der Waals surface area contributed by atoms with Crippen molar-refractivity contribution in [2.45, 2.75) is 38.5 Å². The second kappa shape index (κ2) is 8.77. The van der Waals surface area contributed by atoms with Gasteiger partial charge >= 0.3 is 0 Å². The molecule has 158 valence electrons. The Kier molecular flexibility index (Phi) is 5.92. The van der Waals surface area contributed by atoms with Gasteiger partial charge in [0.25, 0.3) is 0 Å². The van der Waals surface area contributed by atoms with Crippen LogP contribution in [0.3, 0.4) is 0 Å². The Hall–Kier alpha value is -3.03. The van der Waals surface area contributed by atoms with Gasteiger partial charge in [0.1, 0.15) is 11.5 Å². The number of nitrogens with zero attached hydrogens (tertiary/aromatic N) is 1. The summed E-state index contributed by atoms with van der Waals surface area (Å²) in [5.74, 6) is 1.64. The van der Waals surface area contributed by atoms with Crippen LogP contribution >= 0.6 is 0 Å². The molecule has 0 saturated carbocycles. The van der Waals surface area contributed by atoms with Crippen LogP contribution in [0.2, 0.25) is 0 Å². The molecule has 0 bridgehead atoms. The minimum Gasteiger partial charge on any atom is -0.497 e. The molecule has 2 atom stereocenters. The van der Waals surface area contributed by atoms with E-state index in [0.29, 0.717) is 6.42 Å². The van der Waals surface area contributed by atoms with Crippen LogP contribution in [0.4, 0.5) is 0 Å². The minimum absolute atomic E-state index is 0.0159. The number of aryl methyl sites for hydroxylation is 1. The van der Waals surface area contributed by atoms with Gasteiger partial charge in [-0.2, -0.15) is 0 Å². The summed E-state index contributed by atoms with van der Waals surface area (Å²) in [5, 5.41) is 4.17. The molecule has 1 aromatic heterocycles. The minimum atomic E-state index is -0.133. The lowest BCUT2D eigenvalue weighted by Gasteiger charge is -2.14. The third-order valence-corrected chi connectivity index (χ3v) is 5.59. The van der Waals surface area contributed by atoms with Gasteiger partial charge in [0, 0.05) is 24.0 Å². The first-order chi connectivity index (χ1) is 14.6. The average Bonchev–Trinajstić information content (AvgIpc) is 3.37. The number of aromatic nitrogens is 1. The Morgan fingerprint density at radius 2 is 1.93 bits per heavy atom. The zero-order valence-corrected chi connectivity index (χ0v) is 17.6. The van der Waals surface area contributed by atoms with E-state index < -0.39 is 0 Å². The summed E-state index contributed by atoms with van der Waals surface area (Å²) in [5.41, 5.74) is 9.84. The average molecular weight is 409 g/mol. The fourth-order valence-corrected chi connectivity index (χ4v) is 4.12. The highest BCUT2D eigenvalue weighted by atomic mass is 16.5. The highest BCUT2D eigenvalue weighted by Crippen LogP contribution is 2.33. The number of ether oxygens (including phenoxy) is 2. The van der Waals surface area contributed by atoms with Crippen LogP contribution in [0.25, 0.3) is 10.9 Å². The maximum Gasteiger partial charge on any atom is 0.225 e. The SMILES string of the molecule is CCn1c(C2CC(NC(=O)Cc3ccc(OC)cc3)NN2)cc2c(OC)cccc21. The van der Waals surface area contributed by atoms with Crippen molar-refractivity contribution >= 4 is 16.8 Å². The monoisotopic (exact) mass is 408 g/mol. The number of rotatable bonds is 7. The molecular weight excluding hydrogens is 380 g/mol. The summed E-state index contributed by atoms with van der Waals surface area (Å²) in [6.45, 7) is 3.00. The fourth-order valence-electron chi connectivity index (χ4n) is 4.12. The largest absolute Gasteiger partial charge is 0.497 e. The normalized spacial score (nSPS) is 18.5. The van der Waals surface area contributed by atoms with Crippen LogP contribution < -0.4 is 25.6 Å². The van der Waals surface area contributed by atoms with Gasteiger partial charge in [0.2, 0.25) is 5.91 Å². The van der Waals surface area contributed by atoms with Crippen molar-refractivity contribution in [1.29, 1.82) is 0 Å². The topological polar surface area (TPSA) is 76.6 Å². The molecule has 4 rings (SSSR count). The standard InChI is InChI=1S/C23H28N4O3/c1-4-27-19-6-5-7-21(30-3)17(19)13-20(27)18-14-22(26-25-18)24-23(28)12-15-8-10-16(29-2)11-9-15/h5-11,13,18,22,25-26H,4,12,14H2,1-3H3,(H,24,28). The summed E-state index contributed by atoms with van der Waals surface area (Å²) in [7, 11) is 3.33. The van der Waals surface area contributed by atoms with Crippen LogP contribution in [0.5, 0.6) is 11.5 Å². The zero-order chi connectivity index (χ0) is 21.1. The number of nitrogens with one attached hydrogen (secondary N) is 3. The lowest BCUT2D eigenvalue weighted by atomic mass is 10.1. The third kappa shape index (κ3) is 3.99. The van der Waals surface area contributed by atoms with Gasteiger partial charge < -0.3 is 19.4 Å². The van der Waals surface area contributed by atoms with Crippen molar-refractivity contribution in [3.8, 4) is 11.5 Å². The van der Waals surface area contributed by atoms with E-state index in [4.69, 9.17) is 9.47 Å². The summed E-state index contributed by atoms with van der Waals surface area (Å²) >= 11 is 0. The molecule has 1 aliphatic rings. The van der Waals surface area contributed by atoms with Crippen LogP contribution in [-0.4, -0.2) is 30.9 Å². The van der Waals surface area contributed by atoms with Gasteiger partial charge in [0.15, 0.2) is 0 Å². The van der Waals surface area contributed by atoms with Crippen molar-refractivity contribution in [2.75, 3.05) is 14.2 Å². The molecule has 2 heterocycles. The smallest absolute Gasteiger partial charge is 0.225 e. The first kappa shape index (κ1) is 20.3. The van der Waals surface area contributed by atoms with Gasteiger partial charge in [-0.15, -0.1) is 0 Å². The molecular formula is C23H28N4O3. The molecule has 7 nitrogen and oxygen atoms in total. The predicted molar refractivity (Wildman–Crippen MR) is 116 cm³/mol. The molecule has 1 fully saturated rings. The number of hydrogen-bond donors (Lipinski definition) is 3. The summed E-state index contributed by atoms with van der Waals surface area (Å²) in [4.78, 5) is 12.5. The molecule has 2 unspecified atom stereocenters. The second-order valence-electron chi connectivity index (χ2n) is 7.43. The third-order valence-electron chi connectivity index (χ3n) is 5.59. The Morgan fingerprint density at radius 1 is 1.13 bits per heavy atom. The van der Waals surface area contributed by atoms with E-state index in [0.717, 1.165) is 40.9 Å². The van der Waals surface area contributed by atoms with Crippen LogP contribution in [0.1, 0.15) is 30.6 Å². The van der Waals surface area contributed by atoms with Gasteiger partial charge in [-0.05, 0) is 42.8 Å². The van der Waals surface area contributed by atoms with E-state index in [9.17, 15) is 4.79 Å². The second-order valence-corrected chi connectivity index (χ2v) is 7.43. The Bertz CT molecular complexity index is 1030. The molecule has 3 N–H and O–H groups in total. The Morgan fingerprint density at radius 3 is 2.63 bits per heavy atom. The van der Waals surface area contributed by atoms with E-state index in [1.54, 1.807) is 14.2 Å². The number of hydrogen-bond acceptors (Lipinski definition) is 5. The molecule has 1 amide bonds. The summed E-state index contributed by atoms with van der Waals surface area (Å²) in [6.07, 6.45) is 0.956. The molecule has 1 aliphatic heterocycles. The van der Waals surface area contributed by atoms with Crippen LogP contribution in [0, 0.1) is 0 Å². The number of hydrazine groups is 1. The predicted octanol–water partition coefficient (Wildman–Crippen LogP) is 2.90. The van der Waals surface area contributed by atoms with Crippen molar-refractivity contribution in [2.24, 2.45) is 0 Å². The maximum atomic E-state index is 12.5. The molecule has 1 saturated heterocycles. The number of methoxy groups -OCH3 is 2. The summed E-state index contributed by atoms with van der Waals surface area (Å²) in [6, 6.07) is 15.9. The molecule has 30 heavy (non-hydrogen) atoms. The molecule has 2 aromatic carbocycles. The lowest BCUT2D eigenvalue weighted by Crippen LogP contribution is -2.44. The van der Waals surface area contributed by atoms with Crippen LogP contribution in [0.15, 0.2) is 48.5 Å². The Balaban J connectivity index is 1.43. The van der Waals surface area contributed by atoms with E-state index >= 15 is 0 Å². The van der Waals surface area contributed by atoms with Gasteiger partial charge in [-0.25, -0.2) is 10.9 Å². The van der Waals surface area contributed by atoms with Crippen LogP contribution in [-0.2, 0) is 17.8 Å². The van der Waals surface area contributed by atoms with Gasteiger partial charge in [-0.1, -0.05) is 18.2 Å². The van der Waals surface area contributed by atoms with Gasteiger partial charge in [0.05, 0.1) is 38.4 Å². The number of benzene rings is 2. The lowest BCUT2D eigenvalue weighted by molar-refractivity contribution is -0.121. The fraction of sp³-hybridized carbons (Fsp3) is 0.348. The quantitative estimate of drug-likeness (QED) is 0.560. The maximum absolute atomic E-state index is 12.5. The van der Waals surface area contributed by atoms with E-state index in [2.05, 4.69) is 39.8 Å². The highest BCUT2D eigenvalue weighted by Gasteiger charge is 2.29. The summed E-state index contributed by atoms with van der Waals surface area (Å²) < 4.78 is 13.0. The number of fused-ring (bicyclic) bond motifs is 1. The van der Waals surface area contributed by atoms with E-state index in [-0.39, 0.29) is 18.1 Å². The van der Waals surface area contributed by atoms with Crippen molar-refractivity contribution in [1.82, 2.24) is 20.7 Å². The molecule has 7 heteroatoms. The molecule has 0 spiro atoms. The first-order valence-corrected chi connectivity index (χ1v) is 10.2. The Labute approximate surface area is 176 Å². The molecule has 0 radical (unpaired) electrons. The van der Waals surface area contributed by atoms with Crippen molar-refractivity contribution < 1.29 is 14.3 Å². The van der Waals surface area contributed by atoms with Crippen molar-refractivity contribution in [3.05, 3.63) is 59.8 Å². The van der Waals surface area contributed by atoms with E-state index in [1.807, 2.05) is 36.4 Å². The molecule has 0 aliphatic carbocycles. The number of carbonyl (C=O) groups is 1. The number of carbonyl (C=O) groups excluding carboxylic acids is 1. The van der Waals surface area contributed by atoms with Crippen molar-refractivity contribution in [3.63, 3.8) is 0 Å². The highest BCUT2D eigenvalue weighted by molar-refractivity contribution is 5.87. The first-order valence-electron chi connectivity index (χ1n) is 10.2. The number of amides is 1. The molecule has 3 aromatic rings. The zero-order valence-electron chi connectivity index (χ0n) is 17.6. The van der Waals surface area contributed by atoms with Gasteiger partial charge in [-0.3, -0.25) is 4.79 Å².